The maximum Gasteiger partial charge on any atom is 0.224 e. The SMILES string of the molecule is CCC(=O)Nc1ccc(OC)cc1NC=O. The molecule has 1 aromatic carbocycles. The van der Waals surface area contributed by atoms with E-state index in [4.69, 9.17) is 4.74 Å². The number of nitrogens with one attached hydrogen (secondary N) is 2. The molecule has 0 saturated carbocycles. The van der Waals surface area contributed by atoms with Crippen molar-refractivity contribution in [3.05, 3.63) is 18.2 Å². The molecule has 0 saturated heterocycles. The lowest BCUT2D eigenvalue weighted by Crippen LogP contribution is -2.11. The number of hydrogen-bond acceptors (Lipinski definition) is 3. The van der Waals surface area contributed by atoms with Crippen LogP contribution in [0.2, 0.25) is 0 Å². The number of amides is 2. The summed E-state index contributed by atoms with van der Waals surface area (Å²) in [7, 11) is 1.53. The van der Waals surface area contributed by atoms with Crippen LogP contribution in [0.15, 0.2) is 18.2 Å². The van der Waals surface area contributed by atoms with E-state index in [0.29, 0.717) is 30.0 Å². The van der Waals surface area contributed by atoms with Gasteiger partial charge in [0.2, 0.25) is 12.3 Å². The van der Waals surface area contributed by atoms with Gasteiger partial charge in [-0.2, -0.15) is 0 Å². The lowest BCUT2D eigenvalue weighted by Gasteiger charge is -2.11. The van der Waals surface area contributed by atoms with E-state index >= 15 is 0 Å². The first kappa shape index (κ1) is 12.0. The Kier molecular flexibility index (Phi) is 4.32. The van der Waals surface area contributed by atoms with Crippen LogP contribution < -0.4 is 15.4 Å². The highest BCUT2D eigenvalue weighted by atomic mass is 16.5. The predicted molar refractivity (Wildman–Crippen MR) is 61.6 cm³/mol. The Labute approximate surface area is 93.8 Å². The van der Waals surface area contributed by atoms with Gasteiger partial charge >= 0.3 is 0 Å². The van der Waals surface area contributed by atoms with Gasteiger partial charge in [-0.15, -0.1) is 0 Å². The van der Waals surface area contributed by atoms with Crippen LogP contribution in [0.1, 0.15) is 13.3 Å². The molecule has 0 aliphatic heterocycles. The van der Waals surface area contributed by atoms with E-state index in [1.54, 1.807) is 25.1 Å². The number of rotatable bonds is 5. The fourth-order valence-corrected chi connectivity index (χ4v) is 1.18. The molecular weight excluding hydrogens is 208 g/mol. The molecule has 5 heteroatoms. The van der Waals surface area contributed by atoms with Gasteiger partial charge in [0, 0.05) is 12.5 Å². The molecule has 0 heterocycles. The normalized spacial score (nSPS) is 9.38. The van der Waals surface area contributed by atoms with Crippen molar-refractivity contribution in [2.75, 3.05) is 17.7 Å². The van der Waals surface area contributed by atoms with Gasteiger partial charge in [-0.3, -0.25) is 9.59 Å². The first-order chi connectivity index (χ1) is 7.71. The highest BCUT2D eigenvalue weighted by molar-refractivity contribution is 5.96. The van der Waals surface area contributed by atoms with Crippen molar-refractivity contribution in [3.8, 4) is 5.75 Å². The fourth-order valence-electron chi connectivity index (χ4n) is 1.18. The molecule has 0 aliphatic rings. The summed E-state index contributed by atoms with van der Waals surface area (Å²) in [4.78, 5) is 21.7. The highest BCUT2D eigenvalue weighted by Crippen LogP contribution is 2.26. The molecule has 2 N–H and O–H groups in total. The van der Waals surface area contributed by atoms with E-state index in [2.05, 4.69) is 10.6 Å². The quantitative estimate of drug-likeness (QED) is 0.744. The van der Waals surface area contributed by atoms with Crippen molar-refractivity contribution in [2.24, 2.45) is 0 Å². The average molecular weight is 222 g/mol. The number of benzene rings is 1. The van der Waals surface area contributed by atoms with Crippen molar-refractivity contribution in [2.45, 2.75) is 13.3 Å². The Morgan fingerprint density at radius 3 is 2.75 bits per heavy atom. The highest BCUT2D eigenvalue weighted by Gasteiger charge is 2.06. The molecule has 2 amide bonds. The minimum Gasteiger partial charge on any atom is -0.497 e. The first-order valence-corrected chi connectivity index (χ1v) is 4.89. The van der Waals surface area contributed by atoms with Crippen molar-refractivity contribution in [1.29, 1.82) is 0 Å². The van der Waals surface area contributed by atoms with Gasteiger partial charge in [0.1, 0.15) is 5.75 Å². The molecule has 16 heavy (non-hydrogen) atoms. The molecule has 0 spiro atoms. The molecule has 0 aromatic heterocycles. The molecule has 1 rings (SSSR count). The van der Waals surface area contributed by atoms with Gasteiger partial charge in [0.05, 0.1) is 18.5 Å². The zero-order valence-corrected chi connectivity index (χ0v) is 9.24. The van der Waals surface area contributed by atoms with E-state index < -0.39 is 0 Å². The maximum atomic E-state index is 11.2. The summed E-state index contributed by atoms with van der Waals surface area (Å²) in [5.41, 5.74) is 1.07. The van der Waals surface area contributed by atoms with Crippen LogP contribution in [-0.4, -0.2) is 19.4 Å². The summed E-state index contributed by atoms with van der Waals surface area (Å²) >= 11 is 0. The maximum absolute atomic E-state index is 11.2. The van der Waals surface area contributed by atoms with Crippen LogP contribution in [-0.2, 0) is 9.59 Å². The second kappa shape index (κ2) is 5.75. The van der Waals surface area contributed by atoms with Gasteiger partial charge in [-0.1, -0.05) is 6.92 Å². The van der Waals surface area contributed by atoms with Crippen LogP contribution in [0.5, 0.6) is 5.75 Å². The van der Waals surface area contributed by atoms with Gasteiger partial charge in [0.15, 0.2) is 0 Å². The Bertz CT molecular complexity index is 391. The third kappa shape index (κ3) is 2.98. The number of ether oxygens (including phenoxy) is 1. The van der Waals surface area contributed by atoms with Gasteiger partial charge in [0.25, 0.3) is 0 Å². The number of methoxy groups -OCH3 is 1. The van der Waals surface area contributed by atoms with Crippen molar-refractivity contribution in [1.82, 2.24) is 0 Å². The second-order valence-corrected chi connectivity index (χ2v) is 3.08. The van der Waals surface area contributed by atoms with Gasteiger partial charge in [-0.05, 0) is 12.1 Å². The second-order valence-electron chi connectivity index (χ2n) is 3.08. The van der Waals surface area contributed by atoms with Crippen LogP contribution in [0.4, 0.5) is 11.4 Å². The summed E-state index contributed by atoms with van der Waals surface area (Å²) in [6.45, 7) is 1.76. The van der Waals surface area contributed by atoms with Crippen molar-refractivity contribution in [3.63, 3.8) is 0 Å². The number of carbonyl (C=O) groups excluding carboxylic acids is 2. The molecule has 5 nitrogen and oxygen atoms in total. The van der Waals surface area contributed by atoms with E-state index in [-0.39, 0.29) is 5.91 Å². The molecule has 0 atom stereocenters. The molecule has 0 radical (unpaired) electrons. The Balaban J connectivity index is 2.97. The summed E-state index contributed by atoms with van der Waals surface area (Å²) in [6, 6.07) is 5.03. The predicted octanol–water partition coefficient (Wildman–Crippen LogP) is 1.61. The third-order valence-corrected chi connectivity index (χ3v) is 2.04. The summed E-state index contributed by atoms with van der Waals surface area (Å²) in [6.07, 6.45) is 0.933. The van der Waals surface area contributed by atoms with Crippen LogP contribution >= 0.6 is 0 Å². The molecule has 0 bridgehead atoms. The van der Waals surface area contributed by atoms with Crippen molar-refractivity contribution < 1.29 is 14.3 Å². The summed E-state index contributed by atoms with van der Waals surface area (Å²) < 4.78 is 5.02. The Hall–Kier alpha value is -2.04. The largest absolute Gasteiger partial charge is 0.497 e. The topological polar surface area (TPSA) is 67.4 Å². The Morgan fingerprint density at radius 2 is 2.19 bits per heavy atom. The zero-order valence-electron chi connectivity index (χ0n) is 9.24. The minimum atomic E-state index is -0.112. The van der Waals surface area contributed by atoms with E-state index in [9.17, 15) is 9.59 Å². The van der Waals surface area contributed by atoms with Crippen LogP contribution in [0.3, 0.4) is 0 Å². The van der Waals surface area contributed by atoms with E-state index in [0.717, 1.165) is 0 Å². The van der Waals surface area contributed by atoms with Crippen molar-refractivity contribution >= 4 is 23.7 Å². The summed E-state index contributed by atoms with van der Waals surface area (Å²) in [5, 5.41) is 5.19. The standard InChI is InChI=1S/C11H14N2O3/c1-3-11(15)13-9-5-4-8(16-2)6-10(9)12-7-14/h4-7H,3H2,1-2H3,(H,12,14)(H,13,15). The first-order valence-electron chi connectivity index (χ1n) is 4.89. The molecule has 0 unspecified atom stereocenters. The van der Waals surface area contributed by atoms with Gasteiger partial charge < -0.3 is 15.4 Å². The number of hydrogen-bond donors (Lipinski definition) is 2. The Morgan fingerprint density at radius 1 is 1.44 bits per heavy atom. The monoisotopic (exact) mass is 222 g/mol. The van der Waals surface area contributed by atoms with Gasteiger partial charge in [-0.25, -0.2) is 0 Å². The van der Waals surface area contributed by atoms with E-state index in [1.807, 2.05) is 0 Å². The fraction of sp³-hybridized carbons (Fsp3) is 0.273. The van der Waals surface area contributed by atoms with Crippen LogP contribution in [0, 0.1) is 0 Å². The molecule has 0 aliphatic carbocycles. The number of carbonyl (C=O) groups is 2. The third-order valence-electron chi connectivity index (χ3n) is 2.04. The number of anilines is 2. The summed E-state index contributed by atoms with van der Waals surface area (Å²) in [5.74, 6) is 0.498. The molecule has 1 aromatic rings. The van der Waals surface area contributed by atoms with E-state index in [1.165, 1.54) is 7.11 Å². The average Bonchev–Trinajstić information content (AvgIpc) is 2.31. The zero-order chi connectivity index (χ0) is 12.0. The lowest BCUT2D eigenvalue weighted by molar-refractivity contribution is -0.116. The lowest BCUT2D eigenvalue weighted by atomic mass is 10.2. The van der Waals surface area contributed by atoms with Crippen LogP contribution in [0.25, 0.3) is 0 Å². The molecule has 86 valence electrons. The smallest absolute Gasteiger partial charge is 0.224 e. The minimum absolute atomic E-state index is 0.112. The molecular formula is C11H14N2O3. The molecule has 0 fully saturated rings.